The Morgan fingerprint density at radius 3 is 2.14 bits per heavy atom. The van der Waals surface area contributed by atoms with E-state index in [2.05, 4.69) is 0 Å². The molecule has 0 radical (unpaired) electrons. The van der Waals surface area contributed by atoms with E-state index in [0.717, 1.165) is 12.1 Å². The van der Waals surface area contributed by atoms with Gasteiger partial charge in [0.1, 0.15) is 46.9 Å². The average Bonchev–Trinajstić information content (AvgIpc) is 2.85. The van der Waals surface area contributed by atoms with Crippen LogP contribution >= 0.6 is 0 Å². The third-order valence-electron chi connectivity index (χ3n) is 5.74. The summed E-state index contributed by atoms with van der Waals surface area (Å²) < 4.78 is 27.1. The van der Waals surface area contributed by atoms with E-state index in [0.29, 0.717) is 0 Å². The van der Waals surface area contributed by atoms with Crippen molar-refractivity contribution in [1.82, 2.24) is 0 Å². The number of methoxy groups -OCH3 is 2. The zero-order chi connectivity index (χ0) is 26.3. The number of benzene rings is 2. The topological polar surface area (TPSA) is 209 Å². The lowest BCUT2D eigenvalue weighted by molar-refractivity contribution is -0.277. The quantitative estimate of drug-likeness (QED) is 0.230. The Balaban J connectivity index is 1.96. The lowest BCUT2D eigenvalue weighted by Crippen LogP contribution is -2.60. The predicted molar refractivity (Wildman–Crippen MR) is 120 cm³/mol. The van der Waals surface area contributed by atoms with Crippen molar-refractivity contribution in [3.63, 3.8) is 0 Å². The zero-order valence-corrected chi connectivity index (χ0v) is 19.0. The molecule has 1 aromatic heterocycles. The number of aromatic hydroxyl groups is 3. The minimum atomic E-state index is -1.86. The predicted octanol–water partition coefficient (Wildman–Crippen LogP) is -0.227. The molecule has 1 fully saturated rings. The number of phenols is 3. The highest BCUT2D eigenvalue weighted by Crippen LogP contribution is 2.43. The lowest BCUT2D eigenvalue weighted by atomic mass is 9.99. The molecule has 1 aliphatic heterocycles. The molecule has 0 bridgehead atoms. The van der Waals surface area contributed by atoms with E-state index in [9.17, 15) is 40.5 Å². The molecule has 0 unspecified atom stereocenters. The second-order valence-corrected chi connectivity index (χ2v) is 7.97. The van der Waals surface area contributed by atoms with E-state index >= 15 is 0 Å². The maximum Gasteiger partial charge on any atom is 0.239 e. The van der Waals surface area contributed by atoms with Gasteiger partial charge < -0.3 is 59.1 Å². The molecule has 0 aliphatic carbocycles. The van der Waals surface area contributed by atoms with Gasteiger partial charge in [0, 0.05) is 17.7 Å². The van der Waals surface area contributed by atoms with Crippen molar-refractivity contribution in [2.75, 3.05) is 20.8 Å². The van der Waals surface area contributed by atoms with E-state index in [1.807, 2.05) is 0 Å². The summed E-state index contributed by atoms with van der Waals surface area (Å²) in [6.45, 7) is -0.740. The summed E-state index contributed by atoms with van der Waals surface area (Å²) in [7, 11) is 2.55. The van der Waals surface area contributed by atoms with Gasteiger partial charge in [0.15, 0.2) is 17.3 Å². The van der Waals surface area contributed by atoms with Crippen LogP contribution in [-0.4, -0.2) is 87.3 Å². The Morgan fingerprint density at radius 2 is 1.56 bits per heavy atom. The van der Waals surface area contributed by atoms with E-state index in [4.69, 9.17) is 23.4 Å². The number of rotatable bonds is 6. The van der Waals surface area contributed by atoms with Crippen molar-refractivity contribution in [3.05, 3.63) is 34.5 Å². The van der Waals surface area contributed by atoms with Crippen molar-refractivity contribution in [2.45, 2.75) is 30.7 Å². The number of aliphatic hydroxyl groups is 4. The highest BCUT2D eigenvalue weighted by atomic mass is 16.7. The van der Waals surface area contributed by atoms with Gasteiger partial charge in [-0.25, -0.2) is 0 Å². The third kappa shape index (κ3) is 4.23. The largest absolute Gasteiger partial charge is 0.508 e. The van der Waals surface area contributed by atoms with Crippen molar-refractivity contribution in [3.8, 4) is 45.8 Å². The van der Waals surface area contributed by atoms with Gasteiger partial charge in [-0.15, -0.1) is 0 Å². The van der Waals surface area contributed by atoms with Crippen LogP contribution in [0.4, 0.5) is 0 Å². The Morgan fingerprint density at radius 1 is 0.917 bits per heavy atom. The zero-order valence-electron chi connectivity index (χ0n) is 19.0. The van der Waals surface area contributed by atoms with Gasteiger partial charge in [-0.3, -0.25) is 4.79 Å². The third-order valence-corrected chi connectivity index (χ3v) is 5.74. The number of fused-ring (bicyclic) bond motifs is 1. The van der Waals surface area contributed by atoms with Gasteiger partial charge in [-0.1, -0.05) is 0 Å². The Hall–Kier alpha value is -3.75. The van der Waals surface area contributed by atoms with Gasteiger partial charge in [0.2, 0.25) is 23.2 Å². The van der Waals surface area contributed by atoms with Gasteiger partial charge in [-0.05, 0) is 12.1 Å². The number of ether oxygens (including phenoxy) is 4. The van der Waals surface area contributed by atoms with E-state index in [-0.39, 0.29) is 39.5 Å². The monoisotopic (exact) mass is 508 g/mol. The second-order valence-electron chi connectivity index (χ2n) is 7.97. The average molecular weight is 508 g/mol. The Kier molecular flexibility index (Phi) is 6.84. The van der Waals surface area contributed by atoms with E-state index in [1.54, 1.807) is 0 Å². The molecule has 7 N–H and O–H groups in total. The lowest BCUT2D eigenvalue weighted by Gasteiger charge is -2.39. The van der Waals surface area contributed by atoms with Gasteiger partial charge in [0.25, 0.3) is 0 Å². The number of hydrogen-bond acceptors (Lipinski definition) is 13. The van der Waals surface area contributed by atoms with Crippen LogP contribution in [0.2, 0.25) is 0 Å². The molecule has 3 aromatic rings. The Bertz CT molecular complexity index is 1310. The molecule has 0 amide bonds. The molecule has 4 rings (SSSR count). The molecule has 13 heteroatoms. The number of phenolic OH excluding ortho intramolecular Hbond substituents is 3. The first-order valence-electron chi connectivity index (χ1n) is 10.6. The summed E-state index contributed by atoms with van der Waals surface area (Å²) in [6.07, 6.45) is -8.42. The molecule has 194 valence electrons. The summed E-state index contributed by atoms with van der Waals surface area (Å²) in [5.74, 6) is -2.44. The molecular weight excluding hydrogens is 484 g/mol. The minimum Gasteiger partial charge on any atom is -0.508 e. The van der Waals surface area contributed by atoms with Crippen LogP contribution in [0.1, 0.15) is 0 Å². The van der Waals surface area contributed by atoms with Crippen LogP contribution in [0.15, 0.2) is 33.5 Å². The van der Waals surface area contributed by atoms with Crippen LogP contribution in [-0.2, 0) is 4.74 Å². The van der Waals surface area contributed by atoms with Gasteiger partial charge >= 0.3 is 0 Å². The first-order chi connectivity index (χ1) is 17.1. The summed E-state index contributed by atoms with van der Waals surface area (Å²) in [5, 5.41) is 70.1. The molecule has 0 spiro atoms. The van der Waals surface area contributed by atoms with Crippen molar-refractivity contribution < 1.29 is 59.1 Å². The highest BCUT2D eigenvalue weighted by Gasteiger charge is 2.45. The van der Waals surface area contributed by atoms with E-state index < -0.39 is 60.0 Å². The fraction of sp³-hybridized carbons (Fsp3) is 0.348. The van der Waals surface area contributed by atoms with Crippen molar-refractivity contribution in [1.29, 1.82) is 0 Å². The van der Waals surface area contributed by atoms with Crippen molar-refractivity contribution in [2.24, 2.45) is 0 Å². The molecule has 5 atom stereocenters. The fourth-order valence-corrected chi connectivity index (χ4v) is 3.87. The minimum absolute atomic E-state index is 0.0651. The fourth-order valence-electron chi connectivity index (χ4n) is 3.87. The first kappa shape index (κ1) is 25.3. The van der Waals surface area contributed by atoms with E-state index in [1.165, 1.54) is 26.4 Å². The summed E-state index contributed by atoms with van der Waals surface area (Å²) in [5.41, 5.74) is -1.12. The van der Waals surface area contributed by atoms with Crippen LogP contribution < -0.4 is 19.6 Å². The van der Waals surface area contributed by atoms with Crippen LogP contribution in [0, 0.1) is 0 Å². The summed E-state index contributed by atoms with van der Waals surface area (Å²) >= 11 is 0. The molecule has 13 nitrogen and oxygen atoms in total. The van der Waals surface area contributed by atoms with Crippen LogP contribution in [0.3, 0.4) is 0 Å². The number of hydrogen-bond donors (Lipinski definition) is 7. The summed E-state index contributed by atoms with van der Waals surface area (Å²) in [6, 6.07) is 4.55. The molecule has 36 heavy (non-hydrogen) atoms. The molecule has 2 heterocycles. The molecule has 1 saturated heterocycles. The molecule has 1 aliphatic rings. The number of aliphatic hydroxyl groups excluding tert-OH is 4. The molecule has 0 saturated carbocycles. The maximum atomic E-state index is 13.5. The maximum absolute atomic E-state index is 13.5. The van der Waals surface area contributed by atoms with Crippen LogP contribution in [0.25, 0.3) is 22.3 Å². The van der Waals surface area contributed by atoms with Crippen molar-refractivity contribution >= 4 is 11.0 Å². The highest BCUT2D eigenvalue weighted by molar-refractivity contribution is 5.88. The second kappa shape index (κ2) is 9.72. The smallest absolute Gasteiger partial charge is 0.239 e. The van der Waals surface area contributed by atoms with Gasteiger partial charge in [-0.2, -0.15) is 0 Å². The standard InChI is InChI=1S/C23H24O13/c1-32-12-3-8(4-13(33-2)16(12)27)21-22(18(29)15-10(26)5-9(25)6-11(15)34-21)36-23-20(31)19(30)17(28)14(7-24)35-23/h3-6,14,17,19-20,23-28,30-31H,7H2,1-2H3/t14-,17+,19+,20+,23+/m0/s1. The Labute approximate surface area is 202 Å². The first-order valence-corrected chi connectivity index (χ1v) is 10.6. The molecule has 2 aromatic carbocycles. The molecular formula is C23H24O13. The van der Waals surface area contributed by atoms with Crippen LogP contribution in [0.5, 0.6) is 34.5 Å². The normalized spacial score (nSPS) is 24.0. The summed E-state index contributed by atoms with van der Waals surface area (Å²) in [4.78, 5) is 13.5. The van der Waals surface area contributed by atoms with Gasteiger partial charge in [0.05, 0.1) is 20.8 Å². The SMILES string of the molecule is COc1cc(-c2oc3cc(O)cc(O)c3c(=O)c2O[C@H]2O[C@@H](CO)[C@@H](O)[C@@H](O)[C@H]2O)cc(OC)c1O.